The summed E-state index contributed by atoms with van der Waals surface area (Å²) in [7, 11) is 0. The average molecular weight is 615 g/mol. The Hall–Kier alpha value is -6.52. The van der Waals surface area contributed by atoms with E-state index in [9.17, 15) is 0 Å². The van der Waals surface area contributed by atoms with Crippen LogP contribution < -0.4 is 0 Å². The van der Waals surface area contributed by atoms with Crippen LogP contribution in [-0.2, 0) is 0 Å². The third-order valence-electron chi connectivity index (χ3n) is 8.31. The standard InChI is InChI=1S/C44H30N4/c1-5-15-31(16-6-1)39-29-40(32-17-7-2-8-18-32)45-41(30-39)37-25-13-23-35(27-37)36-24-14-26-38(28-36)44-47-42(33-19-9-3-10-20-33)46-43(48-44)34-21-11-4-12-22-34/h1-30H. The molecule has 4 nitrogen and oxygen atoms in total. The van der Waals surface area contributed by atoms with Crippen molar-refractivity contribution in [3.63, 3.8) is 0 Å². The van der Waals surface area contributed by atoms with Gasteiger partial charge in [-0.2, -0.15) is 0 Å². The third-order valence-corrected chi connectivity index (χ3v) is 8.31. The molecule has 0 unspecified atom stereocenters. The fraction of sp³-hybridized carbons (Fsp3) is 0. The minimum atomic E-state index is 0.630. The van der Waals surface area contributed by atoms with E-state index in [4.69, 9.17) is 19.9 Å². The highest BCUT2D eigenvalue weighted by molar-refractivity contribution is 5.80. The highest BCUT2D eigenvalue weighted by Gasteiger charge is 2.14. The normalized spacial score (nSPS) is 10.9. The summed E-state index contributed by atoms with van der Waals surface area (Å²) >= 11 is 0. The molecule has 48 heavy (non-hydrogen) atoms. The van der Waals surface area contributed by atoms with Crippen molar-refractivity contribution < 1.29 is 0 Å². The molecule has 0 radical (unpaired) electrons. The van der Waals surface area contributed by atoms with Crippen LogP contribution in [0.2, 0.25) is 0 Å². The molecule has 226 valence electrons. The second kappa shape index (κ2) is 13.1. The lowest BCUT2D eigenvalue weighted by atomic mass is 9.97. The highest BCUT2D eigenvalue weighted by Crippen LogP contribution is 2.33. The van der Waals surface area contributed by atoms with E-state index >= 15 is 0 Å². The van der Waals surface area contributed by atoms with Crippen molar-refractivity contribution in [2.45, 2.75) is 0 Å². The van der Waals surface area contributed by atoms with Gasteiger partial charge < -0.3 is 0 Å². The van der Waals surface area contributed by atoms with Crippen LogP contribution in [0, 0.1) is 0 Å². The van der Waals surface area contributed by atoms with Crippen molar-refractivity contribution in [3.8, 4) is 78.9 Å². The molecule has 0 aliphatic rings. The van der Waals surface area contributed by atoms with Crippen LogP contribution in [0.1, 0.15) is 0 Å². The molecule has 0 saturated carbocycles. The monoisotopic (exact) mass is 614 g/mol. The molecule has 0 amide bonds. The Morgan fingerprint density at radius 3 is 1.08 bits per heavy atom. The Balaban J connectivity index is 1.21. The number of hydrogen-bond acceptors (Lipinski definition) is 4. The van der Waals surface area contributed by atoms with Gasteiger partial charge in [-0.15, -0.1) is 0 Å². The lowest BCUT2D eigenvalue weighted by Gasteiger charge is -2.12. The Morgan fingerprint density at radius 1 is 0.208 bits per heavy atom. The van der Waals surface area contributed by atoms with E-state index in [2.05, 4.69) is 109 Å². The predicted molar refractivity (Wildman–Crippen MR) is 196 cm³/mol. The maximum absolute atomic E-state index is 5.15. The first-order valence-corrected chi connectivity index (χ1v) is 16.0. The van der Waals surface area contributed by atoms with Crippen molar-refractivity contribution in [2.24, 2.45) is 0 Å². The lowest BCUT2D eigenvalue weighted by Crippen LogP contribution is -2.00. The smallest absolute Gasteiger partial charge is 0.164 e. The zero-order valence-corrected chi connectivity index (χ0v) is 26.1. The SMILES string of the molecule is c1ccc(-c2cc(-c3ccccc3)nc(-c3cccc(-c4cccc(-c5nc(-c6ccccc6)nc(-c6ccccc6)n5)c4)c3)c2)cc1. The summed E-state index contributed by atoms with van der Waals surface area (Å²) in [5, 5.41) is 0. The Morgan fingerprint density at radius 2 is 0.562 bits per heavy atom. The van der Waals surface area contributed by atoms with Gasteiger partial charge in [-0.1, -0.05) is 158 Å². The Labute approximate surface area is 280 Å². The van der Waals surface area contributed by atoms with Crippen molar-refractivity contribution in [3.05, 3.63) is 182 Å². The number of nitrogens with zero attached hydrogens (tertiary/aromatic N) is 4. The van der Waals surface area contributed by atoms with Gasteiger partial charge in [0.15, 0.2) is 17.5 Å². The van der Waals surface area contributed by atoms with Crippen LogP contribution in [0.15, 0.2) is 182 Å². The van der Waals surface area contributed by atoms with E-state index in [1.54, 1.807) is 0 Å². The fourth-order valence-corrected chi connectivity index (χ4v) is 5.87. The Bertz CT molecular complexity index is 2040. The number of hydrogen-bond donors (Lipinski definition) is 0. The molecule has 0 spiro atoms. The van der Waals surface area contributed by atoms with E-state index in [-0.39, 0.29) is 0 Å². The fourth-order valence-electron chi connectivity index (χ4n) is 5.87. The molecule has 0 N–H and O–H groups in total. The molecule has 8 aromatic rings. The quantitative estimate of drug-likeness (QED) is 0.179. The summed E-state index contributed by atoms with van der Waals surface area (Å²) in [5.41, 5.74) is 11.3. The molecule has 0 saturated heterocycles. The van der Waals surface area contributed by atoms with Crippen LogP contribution in [0.25, 0.3) is 78.9 Å². The molecule has 0 fully saturated rings. The second-order valence-corrected chi connectivity index (χ2v) is 11.6. The zero-order chi connectivity index (χ0) is 32.1. The minimum absolute atomic E-state index is 0.630. The molecule has 8 rings (SSSR count). The molecule has 4 heteroatoms. The summed E-state index contributed by atoms with van der Waals surface area (Å²) in [6.07, 6.45) is 0. The first-order valence-electron chi connectivity index (χ1n) is 16.0. The zero-order valence-electron chi connectivity index (χ0n) is 26.1. The number of pyridine rings is 1. The van der Waals surface area contributed by atoms with Gasteiger partial charge >= 0.3 is 0 Å². The molecular formula is C44H30N4. The summed E-state index contributed by atoms with van der Waals surface area (Å²) in [6.45, 7) is 0. The topological polar surface area (TPSA) is 51.6 Å². The third kappa shape index (κ3) is 6.15. The Kier molecular flexibility index (Phi) is 7.87. The largest absolute Gasteiger partial charge is 0.248 e. The van der Waals surface area contributed by atoms with Crippen LogP contribution in [0.5, 0.6) is 0 Å². The molecule has 6 aromatic carbocycles. The van der Waals surface area contributed by atoms with E-state index < -0.39 is 0 Å². The molecule has 0 bridgehead atoms. The molecule has 0 aliphatic carbocycles. The van der Waals surface area contributed by atoms with Gasteiger partial charge in [0.25, 0.3) is 0 Å². The van der Waals surface area contributed by atoms with Crippen molar-refractivity contribution in [2.75, 3.05) is 0 Å². The van der Waals surface area contributed by atoms with Crippen molar-refractivity contribution in [1.29, 1.82) is 0 Å². The van der Waals surface area contributed by atoms with Crippen molar-refractivity contribution in [1.82, 2.24) is 19.9 Å². The van der Waals surface area contributed by atoms with Gasteiger partial charge in [-0.05, 0) is 46.5 Å². The second-order valence-electron chi connectivity index (χ2n) is 11.6. The maximum Gasteiger partial charge on any atom is 0.164 e. The lowest BCUT2D eigenvalue weighted by molar-refractivity contribution is 1.07. The first kappa shape index (κ1) is 28.9. The van der Waals surface area contributed by atoms with Crippen molar-refractivity contribution >= 4 is 0 Å². The number of rotatable bonds is 7. The summed E-state index contributed by atoms with van der Waals surface area (Å²) in [4.78, 5) is 19.9. The van der Waals surface area contributed by atoms with Crippen LogP contribution in [-0.4, -0.2) is 19.9 Å². The summed E-state index contributed by atoms with van der Waals surface area (Å²) < 4.78 is 0. The van der Waals surface area contributed by atoms with Crippen LogP contribution in [0.4, 0.5) is 0 Å². The molecule has 0 aliphatic heterocycles. The molecule has 0 atom stereocenters. The van der Waals surface area contributed by atoms with E-state index in [0.29, 0.717) is 17.5 Å². The maximum atomic E-state index is 5.15. The number of benzene rings is 6. The van der Waals surface area contributed by atoms with Crippen LogP contribution >= 0.6 is 0 Å². The number of aromatic nitrogens is 4. The van der Waals surface area contributed by atoms with Crippen LogP contribution in [0.3, 0.4) is 0 Å². The van der Waals surface area contributed by atoms with Gasteiger partial charge in [-0.25, -0.2) is 19.9 Å². The first-order chi connectivity index (χ1) is 23.8. The van der Waals surface area contributed by atoms with E-state index in [1.807, 2.05) is 72.8 Å². The van der Waals surface area contributed by atoms with E-state index in [0.717, 1.165) is 61.5 Å². The van der Waals surface area contributed by atoms with Gasteiger partial charge in [0.05, 0.1) is 11.4 Å². The van der Waals surface area contributed by atoms with E-state index in [1.165, 1.54) is 0 Å². The molecule has 2 heterocycles. The highest BCUT2D eigenvalue weighted by atomic mass is 15.0. The molecule has 2 aromatic heterocycles. The minimum Gasteiger partial charge on any atom is -0.248 e. The predicted octanol–water partition coefficient (Wildman–Crippen LogP) is 10.9. The summed E-state index contributed by atoms with van der Waals surface area (Å²) in [5.74, 6) is 1.92. The molecular weight excluding hydrogens is 585 g/mol. The van der Waals surface area contributed by atoms with Gasteiger partial charge in [0, 0.05) is 27.8 Å². The van der Waals surface area contributed by atoms with Gasteiger partial charge in [0.2, 0.25) is 0 Å². The van der Waals surface area contributed by atoms with Gasteiger partial charge in [-0.3, -0.25) is 0 Å². The summed E-state index contributed by atoms with van der Waals surface area (Å²) in [6, 6.07) is 62.3. The average Bonchev–Trinajstić information content (AvgIpc) is 3.19. The van der Waals surface area contributed by atoms with Gasteiger partial charge in [0.1, 0.15) is 0 Å².